The van der Waals surface area contributed by atoms with Crippen LogP contribution in [0.15, 0.2) is 85.1 Å². The van der Waals surface area contributed by atoms with Crippen LogP contribution in [0.1, 0.15) is 32.6 Å². The quantitative estimate of drug-likeness (QED) is 0.307. The molecule has 5 rings (SSSR count). The van der Waals surface area contributed by atoms with Crippen LogP contribution >= 0.6 is 0 Å². The van der Waals surface area contributed by atoms with Gasteiger partial charge in [-0.3, -0.25) is 4.79 Å². The van der Waals surface area contributed by atoms with E-state index in [9.17, 15) is 4.79 Å². The summed E-state index contributed by atoms with van der Waals surface area (Å²) in [6.45, 7) is 3.02. The Hall–Kier alpha value is -4.89. The number of nitrogens with zero attached hydrogens (tertiary/aromatic N) is 2. The molecule has 0 radical (unpaired) electrons. The Labute approximate surface area is 203 Å². The van der Waals surface area contributed by atoms with Crippen LogP contribution in [0.3, 0.4) is 0 Å². The maximum Gasteiger partial charge on any atom is 0.248 e. The fourth-order valence-corrected chi connectivity index (χ4v) is 4.12. The number of aromatic nitrogens is 1. The first-order valence-electron chi connectivity index (χ1n) is 11.0. The van der Waals surface area contributed by atoms with E-state index in [1.54, 1.807) is 6.07 Å². The summed E-state index contributed by atoms with van der Waals surface area (Å²) < 4.78 is 2.27. The molecule has 1 heterocycles. The van der Waals surface area contributed by atoms with Crippen LogP contribution in [0, 0.1) is 23.7 Å². The number of carbonyl (C=O) groups is 1. The third kappa shape index (κ3) is 4.75. The Bertz CT molecular complexity index is 1610. The number of rotatable bonds is 4. The number of phenolic OH excluding ortho intramolecular Hbond substituents is 1. The average Bonchev–Trinajstić information content (AvgIpc) is 3.29. The zero-order valence-corrected chi connectivity index (χ0v) is 19.2. The maximum absolute atomic E-state index is 10.6. The number of aromatic hydroxyl groups is 1. The second kappa shape index (κ2) is 9.94. The number of nitrogens with two attached hydrogens (primary N) is 1. The standard InChI is InChI=1S/C21H18N2.C8H6N2O2/c1-15-9-10-16-5-2-3-7-18(16)20(15)14-23-12-11-19-17(13-22)6-4-8-21(19)23;9-4-6-3-5(8(10)12)1-2-7(6)11/h2-13,22H,14H2,1H3;1-3,11H,(H2,10,12). The van der Waals surface area contributed by atoms with Gasteiger partial charge in [0.25, 0.3) is 0 Å². The van der Waals surface area contributed by atoms with Crippen molar-refractivity contribution in [1.82, 2.24) is 4.57 Å². The molecule has 0 saturated heterocycles. The van der Waals surface area contributed by atoms with E-state index in [1.165, 1.54) is 51.8 Å². The minimum Gasteiger partial charge on any atom is -0.507 e. The highest BCUT2D eigenvalue weighted by atomic mass is 16.3. The zero-order valence-electron chi connectivity index (χ0n) is 19.2. The van der Waals surface area contributed by atoms with Crippen LogP contribution in [-0.4, -0.2) is 21.8 Å². The summed E-state index contributed by atoms with van der Waals surface area (Å²) in [5, 5.41) is 28.8. The van der Waals surface area contributed by atoms with Gasteiger partial charge in [0.15, 0.2) is 0 Å². The molecule has 1 aromatic heterocycles. The number of carbonyl (C=O) groups excluding carboxylic acids is 1. The Morgan fingerprint density at radius 1 is 1.06 bits per heavy atom. The lowest BCUT2D eigenvalue weighted by atomic mass is 9.99. The average molecular weight is 461 g/mol. The van der Waals surface area contributed by atoms with E-state index in [4.69, 9.17) is 21.5 Å². The van der Waals surface area contributed by atoms with Gasteiger partial charge in [-0.1, -0.05) is 48.5 Å². The number of nitrogens with one attached hydrogen (secondary N) is 1. The van der Waals surface area contributed by atoms with Crippen molar-refractivity contribution in [3.8, 4) is 11.8 Å². The highest BCUT2D eigenvalue weighted by Crippen LogP contribution is 2.26. The molecular weight excluding hydrogens is 436 g/mol. The molecule has 35 heavy (non-hydrogen) atoms. The van der Waals surface area contributed by atoms with E-state index in [2.05, 4.69) is 66.2 Å². The predicted molar refractivity (Wildman–Crippen MR) is 139 cm³/mol. The van der Waals surface area contributed by atoms with Crippen LogP contribution in [0.25, 0.3) is 21.7 Å². The zero-order chi connectivity index (χ0) is 24.9. The second-order valence-corrected chi connectivity index (χ2v) is 8.16. The molecule has 5 aromatic rings. The van der Waals surface area contributed by atoms with E-state index >= 15 is 0 Å². The lowest BCUT2D eigenvalue weighted by molar-refractivity contribution is 0.1000. The summed E-state index contributed by atoms with van der Waals surface area (Å²) >= 11 is 0. The van der Waals surface area contributed by atoms with E-state index in [-0.39, 0.29) is 16.9 Å². The smallest absolute Gasteiger partial charge is 0.248 e. The summed E-state index contributed by atoms with van der Waals surface area (Å²) in [6.07, 6.45) is 3.55. The number of hydrogen-bond donors (Lipinski definition) is 3. The van der Waals surface area contributed by atoms with E-state index in [0.29, 0.717) is 0 Å². The van der Waals surface area contributed by atoms with Gasteiger partial charge in [0.05, 0.1) is 5.56 Å². The lowest BCUT2D eigenvalue weighted by Crippen LogP contribution is -2.10. The van der Waals surface area contributed by atoms with Gasteiger partial charge in [-0.15, -0.1) is 0 Å². The molecule has 0 bridgehead atoms. The summed E-state index contributed by atoms with van der Waals surface area (Å²) in [5.41, 5.74) is 10.0. The summed E-state index contributed by atoms with van der Waals surface area (Å²) in [4.78, 5) is 10.6. The molecule has 0 spiro atoms. The van der Waals surface area contributed by atoms with Crippen LogP contribution < -0.4 is 5.73 Å². The molecule has 4 aromatic carbocycles. The molecule has 0 atom stereocenters. The molecule has 1 amide bonds. The minimum atomic E-state index is -0.619. The number of phenols is 1. The number of fused-ring (bicyclic) bond motifs is 2. The second-order valence-electron chi connectivity index (χ2n) is 8.16. The molecule has 0 aliphatic heterocycles. The monoisotopic (exact) mass is 460 g/mol. The van der Waals surface area contributed by atoms with Crippen LogP contribution in [0.5, 0.6) is 5.75 Å². The van der Waals surface area contributed by atoms with E-state index < -0.39 is 5.91 Å². The third-order valence-electron chi connectivity index (χ3n) is 6.01. The number of benzene rings is 4. The number of primary amides is 1. The van der Waals surface area contributed by atoms with Gasteiger partial charge >= 0.3 is 0 Å². The van der Waals surface area contributed by atoms with Crippen molar-refractivity contribution in [3.05, 3.63) is 113 Å². The normalized spacial score (nSPS) is 10.4. The molecule has 4 N–H and O–H groups in total. The number of aryl methyl sites for hydroxylation is 1. The molecule has 0 aliphatic rings. The van der Waals surface area contributed by atoms with Crippen LogP contribution in [-0.2, 0) is 6.54 Å². The largest absolute Gasteiger partial charge is 0.507 e. The highest BCUT2D eigenvalue weighted by molar-refractivity contribution is 5.98. The van der Waals surface area contributed by atoms with Gasteiger partial charge in [0, 0.05) is 41.0 Å². The van der Waals surface area contributed by atoms with E-state index in [1.807, 2.05) is 12.1 Å². The van der Waals surface area contributed by atoms with E-state index in [0.717, 1.165) is 17.5 Å². The topological polar surface area (TPSA) is 116 Å². The van der Waals surface area contributed by atoms with Crippen molar-refractivity contribution in [2.24, 2.45) is 5.73 Å². The van der Waals surface area contributed by atoms with Crippen molar-refractivity contribution in [2.75, 3.05) is 0 Å². The summed E-state index contributed by atoms with van der Waals surface area (Å²) in [6, 6.07) is 26.8. The molecule has 6 heteroatoms. The molecule has 0 aliphatic carbocycles. The van der Waals surface area contributed by atoms with Crippen molar-refractivity contribution in [3.63, 3.8) is 0 Å². The van der Waals surface area contributed by atoms with Crippen molar-refractivity contribution >= 4 is 33.8 Å². The molecule has 172 valence electrons. The predicted octanol–water partition coefficient (Wildman–Crippen LogP) is 5.51. The Balaban J connectivity index is 0.000000204. The Morgan fingerprint density at radius 2 is 1.86 bits per heavy atom. The number of amides is 1. The first-order chi connectivity index (χ1) is 16.9. The molecule has 6 nitrogen and oxygen atoms in total. The Morgan fingerprint density at radius 3 is 2.60 bits per heavy atom. The highest BCUT2D eigenvalue weighted by Gasteiger charge is 2.09. The molecular formula is C29H24N4O2. The minimum absolute atomic E-state index is 0.0475. The fourth-order valence-electron chi connectivity index (χ4n) is 4.12. The van der Waals surface area contributed by atoms with Gasteiger partial charge in [0.2, 0.25) is 5.91 Å². The van der Waals surface area contributed by atoms with Gasteiger partial charge in [-0.05, 0) is 59.2 Å². The fraction of sp³-hybridized carbons (Fsp3) is 0.0690. The maximum atomic E-state index is 10.6. The first-order valence-corrected chi connectivity index (χ1v) is 11.0. The van der Waals surface area contributed by atoms with Crippen LogP contribution in [0.4, 0.5) is 0 Å². The number of nitriles is 1. The summed E-state index contributed by atoms with van der Waals surface area (Å²) in [7, 11) is 0. The lowest BCUT2D eigenvalue weighted by Gasteiger charge is -2.12. The Kier molecular flexibility index (Phi) is 6.61. The molecule has 0 unspecified atom stereocenters. The van der Waals surface area contributed by atoms with Crippen molar-refractivity contribution < 1.29 is 9.90 Å². The van der Waals surface area contributed by atoms with Gasteiger partial charge in [-0.25, -0.2) is 0 Å². The third-order valence-corrected chi connectivity index (χ3v) is 6.01. The van der Waals surface area contributed by atoms with Crippen molar-refractivity contribution in [2.45, 2.75) is 13.5 Å². The molecule has 0 fully saturated rings. The van der Waals surface area contributed by atoms with Crippen molar-refractivity contribution in [1.29, 1.82) is 10.7 Å². The van der Waals surface area contributed by atoms with Gasteiger partial charge in [0.1, 0.15) is 11.8 Å². The first kappa shape index (κ1) is 23.3. The van der Waals surface area contributed by atoms with Gasteiger partial charge < -0.3 is 20.8 Å². The SMILES string of the molecule is Cc1ccc2ccccc2c1Cn1ccc2c(C=N)cccc21.N#Cc1cc(C(N)=O)ccc1O. The van der Waals surface area contributed by atoms with Gasteiger partial charge in [-0.2, -0.15) is 5.26 Å². The summed E-state index contributed by atoms with van der Waals surface area (Å²) in [5.74, 6) is -0.769. The number of hydrogen-bond acceptors (Lipinski definition) is 4. The van der Waals surface area contributed by atoms with Crippen LogP contribution in [0.2, 0.25) is 0 Å². The molecule has 0 saturated carbocycles.